The van der Waals surface area contributed by atoms with Crippen molar-refractivity contribution in [2.45, 2.75) is 38.4 Å². The number of benzene rings is 2. The van der Waals surface area contributed by atoms with E-state index in [4.69, 9.17) is 4.74 Å². The lowest BCUT2D eigenvalue weighted by Crippen LogP contribution is -2.51. The molecule has 0 amide bonds. The van der Waals surface area contributed by atoms with Gasteiger partial charge in [0.1, 0.15) is 5.75 Å². The van der Waals surface area contributed by atoms with E-state index in [-0.39, 0.29) is 6.04 Å². The number of aromatic nitrogens is 4. The lowest BCUT2D eigenvalue weighted by Gasteiger charge is -2.41. The molecule has 1 aromatic heterocycles. The molecular weight excluding hydrogens is 388 g/mol. The molecule has 2 atom stereocenters. The highest BCUT2D eigenvalue weighted by molar-refractivity contribution is 5.30. The largest absolute Gasteiger partial charge is 0.497 e. The smallest absolute Gasteiger partial charge is 0.173 e. The summed E-state index contributed by atoms with van der Waals surface area (Å²) in [6.07, 6.45) is 2.59. The van der Waals surface area contributed by atoms with E-state index in [1.54, 1.807) is 7.11 Å². The maximum Gasteiger partial charge on any atom is 0.173 e. The second kappa shape index (κ2) is 8.77. The summed E-state index contributed by atoms with van der Waals surface area (Å²) >= 11 is 0. The topological polar surface area (TPSA) is 59.3 Å². The first kappa shape index (κ1) is 20.2. The van der Waals surface area contributed by atoms with E-state index < -0.39 is 0 Å². The Kier molecular flexibility index (Phi) is 5.70. The summed E-state index contributed by atoms with van der Waals surface area (Å²) in [5.41, 5.74) is 3.67. The molecule has 0 N–H and O–H groups in total. The number of hydrogen-bond acceptors (Lipinski definition) is 6. The summed E-state index contributed by atoms with van der Waals surface area (Å²) in [5.74, 6) is 1.76. The van der Waals surface area contributed by atoms with Crippen LogP contribution in [0.5, 0.6) is 5.75 Å². The van der Waals surface area contributed by atoms with Crippen LogP contribution in [0, 0.1) is 6.92 Å². The Bertz CT molecular complexity index is 1000. The van der Waals surface area contributed by atoms with Gasteiger partial charge in [-0.05, 0) is 60.0 Å². The monoisotopic (exact) mass is 418 g/mol. The number of tetrazole rings is 1. The van der Waals surface area contributed by atoms with E-state index in [1.807, 2.05) is 16.8 Å². The zero-order valence-corrected chi connectivity index (χ0v) is 18.3. The van der Waals surface area contributed by atoms with Crippen molar-refractivity contribution in [3.63, 3.8) is 0 Å². The van der Waals surface area contributed by atoms with Crippen molar-refractivity contribution < 1.29 is 4.74 Å². The molecule has 162 valence electrons. The molecule has 0 bridgehead atoms. The Balaban J connectivity index is 1.46. The molecule has 2 aromatic carbocycles. The van der Waals surface area contributed by atoms with Gasteiger partial charge in [0.2, 0.25) is 0 Å². The highest BCUT2D eigenvalue weighted by Gasteiger charge is 2.36. The maximum atomic E-state index is 5.29. The van der Waals surface area contributed by atoms with Crippen molar-refractivity contribution in [2.24, 2.45) is 0 Å². The van der Waals surface area contributed by atoms with Gasteiger partial charge in [0.05, 0.1) is 19.7 Å². The molecule has 2 aliphatic rings. The molecule has 7 nitrogen and oxygen atoms in total. The number of hydrogen-bond donors (Lipinski definition) is 0. The van der Waals surface area contributed by atoms with Crippen LogP contribution in [0.15, 0.2) is 48.5 Å². The third kappa shape index (κ3) is 4.20. The van der Waals surface area contributed by atoms with Gasteiger partial charge in [-0.1, -0.05) is 42.0 Å². The lowest BCUT2D eigenvalue weighted by molar-refractivity contribution is 0.0794. The standard InChI is InChI=1S/C24H30N6O/c1-18-5-9-20(10-6-18)23(29-15-14-28-13-3-4-21(28)17-29)24-25-26-27-30(24)16-19-7-11-22(31-2)12-8-19/h5-12,21,23H,3-4,13-17H2,1-2H3/t21-,23-/m0/s1. The molecule has 0 saturated carbocycles. The lowest BCUT2D eigenvalue weighted by atomic mass is 10.0. The summed E-state index contributed by atoms with van der Waals surface area (Å²) < 4.78 is 7.24. The number of ether oxygens (including phenoxy) is 1. The molecule has 0 unspecified atom stereocenters. The van der Waals surface area contributed by atoms with Crippen molar-refractivity contribution in [3.8, 4) is 5.75 Å². The molecule has 0 spiro atoms. The Morgan fingerprint density at radius 3 is 2.61 bits per heavy atom. The van der Waals surface area contributed by atoms with Gasteiger partial charge < -0.3 is 4.74 Å². The third-order valence-corrected chi connectivity index (χ3v) is 6.67. The maximum absolute atomic E-state index is 5.29. The first-order chi connectivity index (χ1) is 15.2. The minimum atomic E-state index is 0.0524. The van der Waals surface area contributed by atoms with Crippen LogP contribution >= 0.6 is 0 Å². The van der Waals surface area contributed by atoms with Crippen LogP contribution in [0.3, 0.4) is 0 Å². The first-order valence-electron chi connectivity index (χ1n) is 11.1. The molecule has 0 aliphatic carbocycles. The SMILES string of the molecule is COc1ccc(Cn2nnnc2[C@H](c2ccc(C)cc2)N2CCN3CCC[C@H]3C2)cc1. The third-order valence-electron chi connectivity index (χ3n) is 6.67. The van der Waals surface area contributed by atoms with Crippen LogP contribution < -0.4 is 4.74 Å². The summed E-state index contributed by atoms with van der Waals surface area (Å²) in [7, 11) is 1.69. The van der Waals surface area contributed by atoms with E-state index >= 15 is 0 Å². The minimum absolute atomic E-state index is 0.0524. The molecule has 5 rings (SSSR count). The first-order valence-corrected chi connectivity index (χ1v) is 11.1. The van der Waals surface area contributed by atoms with Crippen molar-refractivity contribution in [2.75, 3.05) is 33.3 Å². The number of piperazine rings is 1. The molecule has 31 heavy (non-hydrogen) atoms. The molecule has 3 aromatic rings. The van der Waals surface area contributed by atoms with Crippen LogP contribution in [0.2, 0.25) is 0 Å². The van der Waals surface area contributed by atoms with Gasteiger partial charge in [-0.3, -0.25) is 9.80 Å². The second-order valence-corrected chi connectivity index (χ2v) is 8.68. The Hall–Kier alpha value is -2.77. The van der Waals surface area contributed by atoms with Gasteiger partial charge in [-0.15, -0.1) is 5.10 Å². The fourth-order valence-corrected chi connectivity index (χ4v) is 4.95. The van der Waals surface area contributed by atoms with E-state index in [2.05, 4.69) is 68.6 Å². The zero-order valence-electron chi connectivity index (χ0n) is 18.3. The van der Waals surface area contributed by atoms with E-state index in [1.165, 1.54) is 30.5 Å². The number of fused-ring (bicyclic) bond motifs is 1. The second-order valence-electron chi connectivity index (χ2n) is 8.68. The molecule has 3 heterocycles. The van der Waals surface area contributed by atoms with Crippen molar-refractivity contribution in [1.29, 1.82) is 0 Å². The van der Waals surface area contributed by atoms with Crippen molar-refractivity contribution in [1.82, 2.24) is 30.0 Å². The van der Waals surface area contributed by atoms with Crippen LogP contribution in [0.25, 0.3) is 0 Å². The van der Waals surface area contributed by atoms with Gasteiger partial charge in [0.15, 0.2) is 5.82 Å². The molecule has 0 radical (unpaired) electrons. The van der Waals surface area contributed by atoms with Crippen LogP contribution in [-0.2, 0) is 6.54 Å². The van der Waals surface area contributed by atoms with Crippen molar-refractivity contribution in [3.05, 3.63) is 71.0 Å². The number of nitrogens with zero attached hydrogens (tertiary/aromatic N) is 6. The summed E-state index contributed by atoms with van der Waals surface area (Å²) in [4.78, 5) is 5.22. The fraction of sp³-hybridized carbons (Fsp3) is 0.458. The van der Waals surface area contributed by atoms with Gasteiger partial charge >= 0.3 is 0 Å². The zero-order chi connectivity index (χ0) is 21.2. The van der Waals surface area contributed by atoms with E-state index in [0.717, 1.165) is 36.8 Å². The fourth-order valence-electron chi connectivity index (χ4n) is 4.95. The van der Waals surface area contributed by atoms with Gasteiger partial charge in [-0.25, -0.2) is 4.68 Å². The Labute approximate surface area is 183 Å². The highest BCUT2D eigenvalue weighted by Crippen LogP contribution is 2.32. The number of rotatable bonds is 6. The van der Waals surface area contributed by atoms with Crippen molar-refractivity contribution >= 4 is 0 Å². The molecule has 2 saturated heterocycles. The Morgan fingerprint density at radius 2 is 1.84 bits per heavy atom. The summed E-state index contributed by atoms with van der Waals surface area (Å²) in [5, 5.41) is 13.0. The number of methoxy groups -OCH3 is 1. The molecule has 2 fully saturated rings. The number of aryl methyl sites for hydroxylation is 1. The van der Waals surface area contributed by atoms with Crippen LogP contribution in [0.4, 0.5) is 0 Å². The Morgan fingerprint density at radius 1 is 1.03 bits per heavy atom. The van der Waals surface area contributed by atoms with Gasteiger partial charge in [0, 0.05) is 25.7 Å². The highest BCUT2D eigenvalue weighted by atomic mass is 16.5. The van der Waals surface area contributed by atoms with E-state index in [0.29, 0.717) is 12.6 Å². The predicted molar refractivity (Wildman–Crippen MR) is 119 cm³/mol. The molecular formula is C24H30N6O. The van der Waals surface area contributed by atoms with E-state index in [9.17, 15) is 0 Å². The van der Waals surface area contributed by atoms with Crippen LogP contribution in [-0.4, -0.2) is 69.3 Å². The quantitative estimate of drug-likeness (QED) is 0.614. The average Bonchev–Trinajstić information content (AvgIpc) is 3.45. The molecule has 2 aliphatic heterocycles. The van der Waals surface area contributed by atoms with Gasteiger partial charge in [0.25, 0.3) is 0 Å². The van der Waals surface area contributed by atoms with Crippen LogP contribution in [0.1, 0.15) is 41.4 Å². The summed E-state index contributed by atoms with van der Waals surface area (Å²) in [6, 6.07) is 17.6. The molecule has 7 heteroatoms. The normalized spacial score (nSPS) is 20.5. The van der Waals surface area contributed by atoms with Gasteiger partial charge in [-0.2, -0.15) is 0 Å². The summed E-state index contributed by atoms with van der Waals surface area (Å²) in [6.45, 7) is 7.22. The average molecular weight is 419 g/mol. The predicted octanol–water partition coefficient (Wildman–Crippen LogP) is 2.91. The minimum Gasteiger partial charge on any atom is -0.497 e.